The average Bonchev–Trinajstić information content (AvgIpc) is 3.29. The molecule has 1 saturated carbocycles. The molecule has 36 heavy (non-hydrogen) atoms. The van der Waals surface area contributed by atoms with Crippen LogP contribution in [-0.2, 0) is 22.5 Å². The highest BCUT2D eigenvalue weighted by atomic mass is 32.2. The molecule has 0 aliphatic heterocycles. The Hall–Kier alpha value is -2.80. The van der Waals surface area contributed by atoms with E-state index in [1.54, 1.807) is 7.11 Å². The number of carbonyl (C=O) groups excluding carboxylic acids is 1. The van der Waals surface area contributed by atoms with Crippen LogP contribution in [0.3, 0.4) is 0 Å². The molecule has 1 heterocycles. The Morgan fingerprint density at radius 3 is 2.53 bits per heavy atom. The Morgan fingerprint density at radius 1 is 1.08 bits per heavy atom. The highest BCUT2D eigenvalue weighted by molar-refractivity contribution is 7.99. The summed E-state index contributed by atoms with van der Waals surface area (Å²) in [7, 11) is 1.66. The van der Waals surface area contributed by atoms with E-state index >= 15 is 0 Å². The van der Waals surface area contributed by atoms with Crippen molar-refractivity contribution in [1.29, 1.82) is 0 Å². The quantitative estimate of drug-likeness (QED) is 0.237. The number of hydrogen-bond acceptors (Lipinski definition) is 6. The van der Waals surface area contributed by atoms with E-state index in [1.165, 1.54) is 23.7 Å². The van der Waals surface area contributed by atoms with Gasteiger partial charge in [0, 0.05) is 12.1 Å². The lowest BCUT2D eigenvalue weighted by molar-refractivity contribution is -0.152. The van der Waals surface area contributed by atoms with E-state index in [0.29, 0.717) is 24.3 Å². The fraction of sp³-hybridized carbons (Fsp3) is 0.483. The summed E-state index contributed by atoms with van der Waals surface area (Å²) in [6, 6.07) is 18.2. The van der Waals surface area contributed by atoms with Gasteiger partial charge in [0.2, 0.25) is 0 Å². The van der Waals surface area contributed by atoms with Gasteiger partial charge in [0.1, 0.15) is 11.9 Å². The fourth-order valence-electron chi connectivity index (χ4n) is 5.01. The monoisotopic (exact) mass is 507 g/mol. The minimum Gasteiger partial charge on any atom is -0.497 e. The molecule has 1 aromatic heterocycles. The third-order valence-corrected chi connectivity index (χ3v) is 8.04. The summed E-state index contributed by atoms with van der Waals surface area (Å²) in [5.41, 5.74) is 2.20. The summed E-state index contributed by atoms with van der Waals surface area (Å²) < 4.78 is 13.4. The molecule has 6 nitrogen and oxygen atoms in total. The van der Waals surface area contributed by atoms with E-state index in [2.05, 4.69) is 47.7 Å². The number of esters is 1. The van der Waals surface area contributed by atoms with E-state index in [-0.39, 0.29) is 17.8 Å². The molecule has 1 fully saturated rings. The van der Waals surface area contributed by atoms with Crippen molar-refractivity contribution >= 4 is 17.7 Å². The molecular formula is C29H37N3O3S. The van der Waals surface area contributed by atoms with Crippen LogP contribution in [0.25, 0.3) is 11.4 Å². The predicted molar refractivity (Wildman–Crippen MR) is 144 cm³/mol. The van der Waals surface area contributed by atoms with Crippen LogP contribution >= 0.6 is 11.8 Å². The van der Waals surface area contributed by atoms with Gasteiger partial charge in [-0.25, -0.2) is 0 Å². The van der Waals surface area contributed by atoms with Crippen LogP contribution in [0.15, 0.2) is 59.8 Å². The lowest BCUT2D eigenvalue weighted by Gasteiger charge is -2.36. The van der Waals surface area contributed by atoms with Crippen molar-refractivity contribution in [2.75, 3.05) is 12.9 Å². The number of thioether (sulfide) groups is 1. The Bertz CT molecular complexity index is 1110. The Labute approximate surface area is 218 Å². The Balaban J connectivity index is 1.47. The first-order valence-corrected chi connectivity index (χ1v) is 13.9. The topological polar surface area (TPSA) is 66.2 Å². The van der Waals surface area contributed by atoms with Crippen molar-refractivity contribution in [2.45, 2.75) is 64.3 Å². The van der Waals surface area contributed by atoms with E-state index in [4.69, 9.17) is 9.47 Å². The second-order valence-electron chi connectivity index (χ2n) is 10.1. The molecule has 0 amide bonds. The largest absolute Gasteiger partial charge is 0.497 e. The number of hydrogen-bond donors (Lipinski definition) is 0. The van der Waals surface area contributed by atoms with Crippen molar-refractivity contribution in [3.8, 4) is 17.1 Å². The molecule has 0 radical (unpaired) electrons. The summed E-state index contributed by atoms with van der Waals surface area (Å²) in [6.45, 7) is 7.42. The van der Waals surface area contributed by atoms with Gasteiger partial charge >= 0.3 is 5.97 Å². The van der Waals surface area contributed by atoms with Crippen molar-refractivity contribution in [2.24, 2.45) is 17.8 Å². The zero-order valence-corrected chi connectivity index (χ0v) is 22.5. The first-order valence-electron chi connectivity index (χ1n) is 12.9. The van der Waals surface area contributed by atoms with E-state index < -0.39 is 0 Å². The number of aryl methyl sites for hydroxylation is 1. The minimum atomic E-state index is -0.173. The van der Waals surface area contributed by atoms with Crippen LogP contribution in [0.1, 0.15) is 45.6 Å². The number of methoxy groups -OCH3 is 1. The molecule has 0 N–H and O–H groups in total. The van der Waals surface area contributed by atoms with Gasteiger partial charge in [0.05, 0.1) is 12.9 Å². The zero-order chi connectivity index (χ0) is 25.5. The van der Waals surface area contributed by atoms with Gasteiger partial charge in [0.25, 0.3) is 0 Å². The first-order chi connectivity index (χ1) is 17.4. The summed E-state index contributed by atoms with van der Waals surface area (Å²) in [4.78, 5) is 12.9. The van der Waals surface area contributed by atoms with Gasteiger partial charge in [-0.05, 0) is 66.8 Å². The number of benzene rings is 2. The number of ether oxygens (including phenoxy) is 2. The molecule has 3 atom stereocenters. The van der Waals surface area contributed by atoms with E-state index in [9.17, 15) is 4.79 Å². The number of rotatable bonds is 10. The lowest BCUT2D eigenvalue weighted by Crippen LogP contribution is -2.36. The summed E-state index contributed by atoms with van der Waals surface area (Å²) >= 11 is 1.40. The maximum atomic E-state index is 12.9. The Kier molecular flexibility index (Phi) is 9.08. The zero-order valence-electron chi connectivity index (χ0n) is 21.7. The van der Waals surface area contributed by atoms with Crippen LogP contribution in [0.5, 0.6) is 5.75 Å². The van der Waals surface area contributed by atoms with Crippen LogP contribution in [0.4, 0.5) is 0 Å². The maximum Gasteiger partial charge on any atom is 0.316 e. The molecule has 0 unspecified atom stereocenters. The van der Waals surface area contributed by atoms with Gasteiger partial charge in [-0.15, -0.1) is 10.2 Å². The molecule has 0 bridgehead atoms. The molecule has 0 spiro atoms. The SMILES string of the molecule is COc1ccc(-c2nnc(SCC(=O)O[C@H]3C[C@H](C)CC[C@@H]3C(C)C)n2CCc2ccccc2)cc1. The predicted octanol–water partition coefficient (Wildman–Crippen LogP) is 6.29. The molecule has 1 aliphatic rings. The molecular weight excluding hydrogens is 470 g/mol. The lowest BCUT2D eigenvalue weighted by atomic mass is 9.75. The molecule has 7 heteroatoms. The molecule has 192 valence electrons. The maximum absolute atomic E-state index is 12.9. The van der Waals surface area contributed by atoms with Gasteiger partial charge in [-0.2, -0.15) is 0 Å². The van der Waals surface area contributed by atoms with Crippen molar-refractivity contribution < 1.29 is 14.3 Å². The highest BCUT2D eigenvalue weighted by Crippen LogP contribution is 2.35. The van der Waals surface area contributed by atoms with Crippen LogP contribution in [-0.4, -0.2) is 39.7 Å². The number of aromatic nitrogens is 3. The van der Waals surface area contributed by atoms with Crippen LogP contribution < -0.4 is 4.74 Å². The van der Waals surface area contributed by atoms with Gasteiger partial charge < -0.3 is 14.0 Å². The van der Waals surface area contributed by atoms with E-state index in [1.807, 2.05) is 42.5 Å². The van der Waals surface area contributed by atoms with Crippen molar-refractivity contribution in [1.82, 2.24) is 14.8 Å². The van der Waals surface area contributed by atoms with Gasteiger partial charge in [-0.1, -0.05) is 69.3 Å². The molecule has 0 saturated heterocycles. The molecule has 2 aromatic carbocycles. The first kappa shape index (κ1) is 26.3. The Morgan fingerprint density at radius 2 is 1.83 bits per heavy atom. The van der Waals surface area contributed by atoms with Crippen molar-refractivity contribution in [3.05, 3.63) is 60.2 Å². The second kappa shape index (κ2) is 12.4. The summed E-state index contributed by atoms with van der Waals surface area (Å²) in [5, 5.41) is 9.68. The van der Waals surface area contributed by atoms with Gasteiger partial charge in [-0.3, -0.25) is 4.79 Å². The third kappa shape index (κ3) is 6.69. The average molecular weight is 508 g/mol. The molecule has 4 rings (SSSR count). The van der Waals surface area contributed by atoms with E-state index in [0.717, 1.165) is 41.6 Å². The normalized spacial score (nSPS) is 19.9. The van der Waals surface area contributed by atoms with Crippen molar-refractivity contribution in [3.63, 3.8) is 0 Å². The highest BCUT2D eigenvalue weighted by Gasteiger charge is 2.33. The second-order valence-corrected chi connectivity index (χ2v) is 11.0. The standard InChI is InChI=1S/C29H37N3O3S/c1-20(2)25-15-10-21(3)18-26(25)35-27(33)19-36-29-31-30-28(23-11-13-24(34-4)14-12-23)32(29)17-16-22-8-6-5-7-9-22/h5-9,11-14,20-21,25-26H,10,15-19H2,1-4H3/t21-,25-,26+/m1/s1. The number of carbonyl (C=O) groups is 1. The third-order valence-electron chi connectivity index (χ3n) is 7.10. The van der Waals surface area contributed by atoms with Crippen LogP contribution in [0.2, 0.25) is 0 Å². The smallest absolute Gasteiger partial charge is 0.316 e. The molecule has 1 aliphatic carbocycles. The fourth-order valence-corrected chi connectivity index (χ4v) is 5.76. The number of nitrogens with zero attached hydrogens (tertiary/aromatic N) is 3. The van der Waals surface area contributed by atoms with Gasteiger partial charge in [0.15, 0.2) is 11.0 Å². The minimum absolute atomic E-state index is 0.00709. The van der Waals surface area contributed by atoms with Crippen LogP contribution in [0, 0.1) is 17.8 Å². The molecule has 3 aromatic rings. The summed E-state index contributed by atoms with van der Waals surface area (Å²) in [6.07, 6.45) is 4.14. The summed E-state index contributed by atoms with van der Waals surface area (Å²) in [5.74, 6) is 3.17.